The van der Waals surface area contributed by atoms with Crippen LogP contribution in [0.1, 0.15) is 23.6 Å². The van der Waals surface area contributed by atoms with E-state index in [0.717, 1.165) is 43.1 Å². The standard InChI is InChI=1S/C22H26FN5.HI/c1-2-24-22(25-13-11-18-7-9-21(23)10-8-18)26-16-19-5-3-6-20(15-19)17-28-14-4-12-27-28;/h3-10,12,14-15H,2,11,13,16-17H2,1H3,(H2,24,25,26);1H. The van der Waals surface area contributed by atoms with Gasteiger partial charge in [0.2, 0.25) is 0 Å². The zero-order chi connectivity index (χ0) is 19.6. The minimum atomic E-state index is -0.207. The van der Waals surface area contributed by atoms with Crippen molar-refractivity contribution in [1.29, 1.82) is 0 Å². The normalized spacial score (nSPS) is 11.0. The molecule has 5 nitrogen and oxygen atoms in total. The number of nitrogens with one attached hydrogen (secondary N) is 2. The van der Waals surface area contributed by atoms with Gasteiger partial charge < -0.3 is 10.6 Å². The monoisotopic (exact) mass is 507 g/mol. The van der Waals surface area contributed by atoms with Crippen LogP contribution in [0.5, 0.6) is 0 Å². The van der Waals surface area contributed by atoms with E-state index < -0.39 is 0 Å². The summed E-state index contributed by atoms with van der Waals surface area (Å²) in [7, 11) is 0. The summed E-state index contributed by atoms with van der Waals surface area (Å²) in [4.78, 5) is 4.68. The first-order valence-electron chi connectivity index (χ1n) is 9.55. The van der Waals surface area contributed by atoms with Crippen molar-refractivity contribution in [2.24, 2.45) is 4.99 Å². The van der Waals surface area contributed by atoms with E-state index in [1.807, 2.05) is 36.0 Å². The number of hydrogen-bond donors (Lipinski definition) is 2. The number of hydrogen-bond acceptors (Lipinski definition) is 2. The molecule has 0 bridgehead atoms. The SMILES string of the molecule is CCNC(=NCc1cccc(Cn2cccn2)c1)NCCc1ccc(F)cc1.I. The van der Waals surface area contributed by atoms with Gasteiger partial charge in [-0.3, -0.25) is 4.68 Å². The quantitative estimate of drug-likeness (QED) is 0.276. The maximum Gasteiger partial charge on any atom is 0.191 e. The van der Waals surface area contributed by atoms with E-state index in [0.29, 0.717) is 6.54 Å². The van der Waals surface area contributed by atoms with Gasteiger partial charge >= 0.3 is 0 Å². The van der Waals surface area contributed by atoms with Crippen molar-refractivity contribution in [1.82, 2.24) is 20.4 Å². The Labute approximate surface area is 188 Å². The van der Waals surface area contributed by atoms with Crippen LogP contribution < -0.4 is 10.6 Å². The number of aromatic nitrogens is 2. The van der Waals surface area contributed by atoms with Crippen LogP contribution in [0.15, 0.2) is 72.0 Å². The molecule has 0 fully saturated rings. The average Bonchev–Trinajstić information content (AvgIpc) is 3.21. The second-order valence-electron chi connectivity index (χ2n) is 6.52. The third-order valence-corrected chi connectivity index (χ3v) is 4.28. The van der Waals surface area contributed by atoms with Crippen molar-refractivity contribution in [3.8, 4) is 0 Å². The minimum Gasteiger partial charge on any atom is -0.357 e. The highest BCUT2D eigenvalue weighted by Gasteiger charge is 2.01. The lowest BCUT2D eigenvalue weighted by Crippen LogP contribution is -2.38. The molecule has 0 spiro atoms. The third-order valence-electron chi connectivity index (χ3n) is 4.28. The number of nitrogens with zero attached hydrogens (tertiary/aromatic N) is 3. The van der Waals surface area contributed by atoms with E-state index in [4.69, 9.17) is 0 Å². The molecule has 2 N–H and O–H groups in total. The zero-order valence-corrected chi connectivity index (χ0v) is 18.8. The van der Waals surface area contributed by atoms with Gasteiger partial charge in [-0.1, -0.05) is 36.4 Å². The molecule has 0 aliphatic carbocycles. The van der Waals surface area contributed by atoms with Gasteiger partial charge in [-0.05, 0) is 48.2 Å². The molecule has 1 heterocycles. The van der Waals surface area contributed by atoms with Crippen LogP contribution in [0.2, 0.25) is 0 Å². The molecule has 0 aliphatic heterocycles. The van der Waals surface area contributed by atoms with Crippen molar-refractivity contribution in [3.63, 3.8) is 0 Å². The second-order valence-corrected chi connectivity index (χ2v) is 6.52. The molecule has 29 heavy (non-hydrogen) atoms. The van der Waals surface area contributed by atoms with Crippen LogP contribution in [0.25, 0.3) is 0 Å². The van der Waals surface area contributed by atoms with Crippen LogP contribution >= 0.6 is 24.0 Å². The van der Waals surface area contributed by atoms with Gasteiger partial charge in [0, 0.05) is 25.5 Å². The molecule has 154 valence electrons. The van der Waals surface area contributed by atoms with E-state index in [1.165, 1.54) is 17.7 Å². The van der Waals surface area contributed by atoms with Crippen LogP contribution in [-0.2, 0) is 19.5 Å². The molecule has 3 aromatic rings. The summed E-state index contributed by atoms with van der Waals surface area (Å²) in [6, 6.07) is 16.9. The molecule has 1 aromatic heterocycles. The Hall–Kier alpha value is -2.42. The molecule has 0 radical (unpaired) electrons. The molecule has 2 aromatic carbocycles. The number of benzene rings is 2. The van der Waals surface area contributed by atoms with Gasteiger partial charge in [-0.15, -0.1) is 24.0 Å². The van der Waals surface area contributed by atoms with Gasteiger partial charge in [-0.2, -0.15) is 5.10 Å². The summed E-state index contributed by atoms with van der Waals surface area (Å²) < 4.78 is 14.9. The summed E-state index contributed by atoms with van der Waals surface area (Å²) >= 11 is 0. The molecule has 0 unspecified atom stereocenters. The fraction of sp³-hybridized carbons (Fsp3) is 0.273. The van der Waals surface area contributed by atoms with Gasteiger partial charge in [0.05, 0.1) is 13.1 Å². The third kappa shape index (κ3) is 7.84. The zero-order valence-electron chi connectivity index (χ0n) is 16.5. The smallest absolute Gasteiger partial charge is 0.191 e. The molecule has 0 aliphatic rings. The van der Waals surface area contributed by atoms with Gasteiger partial charge in [-0.25, -0.2) is 9.38 Å². The van der Waals surface area contributed by atoms with E-state index in [1.54, 1.807) is 6.20 Å². The van der Waals surface area contributed by atoms with Crippen molar-refractivity contribution in [3.05, 3.63) is 89.5 Å². The molecule has 0 saturated carbocycles. The van der Waals surface area contributed by atoms with Gasteiger partial charge in [0.15, 0.2) is 5.96 Å². The van der Waals surface area contributed by atoms with Gasteiger partial charge in [0.25, 0.3) is 0 Å². The van der Waals surface area contributed by atoms with Crippen molar-refractivity contribution in [2.75, 3.05) is 13.1 Å². The largest absolute Gasteiger partial charge is 0.357 e. The van der Waals surface area contributed by atoms with Gasteiger partial charge in [0.1, 0.15) is 5.82 Å². The fourth-order valence-corrected chi connectivity index (χ4v) is 2.90. The highest BCUT2D eigenvalue weighted by atomic mass is 127. The van der Waals surface area contributed by atoms with Crippen LogP contribution in [0.3, 0.4) is 0 Å². The van der Waals surface area contributed by atoms with Crippen molar-refractivity contribution < 1.29 is 4.39 Å². The second kappa shape index (κ2) is 12.2. The first-order chi connectivity index (χ1) is 13.7. The number of halogens is 2. The Balaban J connectivity index is 0.00000300. The van der Waals surface area contributed by atoms with E-state index in [9.17, 15) is 4.39 Å². The molecule has 0 saturated heterocycles. The first kappa shape index (κ1) is 22.9. The van der Waals surface area contributed by atoms with Crippen LogP contribution in [0.4, 0.5) is 4.39 Å². The highest BCUT2D eigenvalue weighted by molar-refractivity contribution is 14.0. The maximum absolute atomic E-state index is 13.0. The maximum atomic E-state index is 13.0. The molecule has 3 rings (SSSR count). The first-order valence-corrected chi connectivity index (χ1v) is 9.55. The lowest BCUT2D eigenvalue weighted by molar-refractivity contribution is 0.626. The van der Waals surface area contributed by atoms with E-state index >= 15 is 0 Å². The highest BCUT2D eigenvalue weighted by Crippen LogP contribution is 2.08. The molecule has 0 atom stereocenters. The summed E-state index contributed by atoms with van der Waals surface area (Å²) in [6.45, 7) is 4.92. The number of aliphatic imine (C=N–C) groups is 1. The van der Waals surface area contributed by atoms with E-state index in [2.05, 4.69) is 45.0 Å². The molecular weight excluding hydrogens is 480 g/mol. The summed E-state index contributed by atoms with van der Waals surface area (Å²) in [6.07, 6.45) is 4.55. The van der Waals surface area contributed by atoms with Crippen molar-refractivity contribution >= 4 is 29.9 Å². The molecule has 7 heteroatoms. The topological polar surface area (TPSA) is 54.2 Å². The lowest BCUT2D eigenvalue weighted by atomic mass is 10.1. The summed E-state index contributed by atoms with van der Waals surface area (Å²) in [5.74, 6) is 0.573. The predicted octanol–water partition coefficient (Wildman–Crippen LogP) is 3.99. The Morgan fingerprint density at radius 1 is 1.03 bits per heavy atom. The number of guanidine groups is 1. The average molecular weight is 507 g/mol. The Morgan fingerprint density at radius 3 is 2.55 bits per heavy atom. The Kier molecular flexibility index (Phi) is 9.63. The number of rotatable bonds is 8. The molecule has 0 amide bonds. The molecular formula is C22H27FIN5. The fourth-order valence-electron chi connectivity index (χ4n) is 2.90. The predicted molar refractivity (Wildman–Crippen MR) is 126 cm³/mol. The van der Waals surface area contributed by atoms with Crippen LogP contribution in [0, 0.1) is 5.82 Å². The Bertz CT molecular complexity index is 878. The summed E-state index contributed by atoms with van der Waals surface area (Å²) in [5, 5.41) is 10.9. The lowest BCUT2D eigenvalue weighted by Gasteiger charge is -2.11. The van der Waals surface area contributed by atoms with E-state index in [-0.39, 0.29) is 29.8 Å². The van der Waals surface area contributed by atoms with Crippen molar-refractivity contribution in [2.45, 2.75) is 26.4 Å². The summed E-state index contributed by atoms with van der Waals surface area (Å²) in [5.41, 5.74) is 3.45. The Morgan fingerprint density at radius 2 is 1.83 bits per heavy atom. The van der Waals surface area contributed by atoms with Crippen LogP contribution in [-0.4, -0.2) is 28.8 Å². The minimum absolute atomic E-state index is 0.